The fourth-order valence-corrected chi connectivity index (χ4v) is 1.43. The van der Waals surface area contributed by atoms with E-state index in [0.29, 0.717) is 12.5 Å². The van der Waals surface area contributed by atoms with Gasteiger partial charge in [-0.1, -0.05) is 20.8 Å². The van der Waals surface area contributed by atoms with E-state index in [1.165, 1.54) is 0 Å². The average molecular weight is 240 g/mol. The molecule has 1 aromatic rings. The molecule has 1 N–H and O–H groups in total. The van der Waals surface area contributed by atoms with Crippen molar-refractivity contribution in [3.63, 3.8) is 0 Å². The molecule has 0 bridgehead atoms. The van der Waals surface area contributed by atoms with Crippen LogP contribution in [0.15, 0.2) is 10.6 Å². The molecule has 1 rings (SSSR count). The van der Waals surface area contributed by atoms with Gasteiger partial charge in [0, 0.05) is 19.6 Å². The first-order chi connectivity index (χ1) is 8.22. The van der Waals surface area contributed by atoms with Gasteiger partial charge in [0.2, 0.25) is 0 Å². The van der Waals surface area contributed by atoms with Gasteiger partial charge in [0.1, 0.15) is 12.4 Å². The lowest BCUT2D eigenvalue weighted by Crippen LogP contribution is -2.22. The number of oxazole rings is 1. The van der Waals surface area contributed by atoms with Gasteiger partial charge in [-0.25, -0.2) is 4.98 Å². The summed E-state index contributed by atoms with van der Waals surface area (Å²) in [5, 5.41) is 3.36. The molecule has 0 aromatic carbocycles. The SMILES string of the molecule is CCCOCc1cnc(CCNCC(C)C)o1. The number of hydrogen-bond acceptors (Lipinski definition) is 4. The summed E-state index contributed by atoms with van der Waals surface area (Å²) in [5.74, 6) is 2.28. The summed E-state index contributed by atoms with van der Waals surface area (Å²) in [6.07, 6.45) is 3.62. The van der Waals surface area contributed by atoms with Crippen LogP contribution in [-0.2, 0) is 17.8 Å². The number of hydrogen-bond donors (Lipinski definition) is 1. The van der Waals surface area contributed by atoms with E-state index < -0.39 is 0 Å². The first-order valence-corrected chi connectivity index (χ1v) is 6.44. The van der Waals surface area contributed by atoms with Crippen LogP contribution in [0.3, 0.4) is 0 Å². The molecule has 4 nitrogen and oxygen atoms in total. The van der Waals surface area contributed by atoms with Crippen LogP contribution in [0.25, 0.3) is 0 Å². The maximum Gasteiger partial charge on any atom is 0.195 e. The molecule has 0 aliphatic heterocycles. The third kappa shape index (κ3) is 6.44. The number of ether oxygens (including phenoxy) is 1. The van der Waals surface area contributed by atoms with Crippen LogP contribution in [0.1, 0.15) is 38.8 Å². The van der Waals surface area contributed by atoms with Crippen LogP contribution in [0.4, 0.5) is 0 Å². The first kappa shape index (κ1) is 14.2. The quantitative estimate of drug-likeness (QED) is 0.673. The molecule has 17 heavy (non-hydrogen) atoms. The zero-order valence-corrected chi connectivity index (χ0v) is 11.2. The van der Waals surface area contributed by atoms with Crippen molar-refractivity contribution in [1.29, 1.82) is 0 Å². The summed E-state index contributed by atoms with van der Waals surface area (Å²) < 4.78 is 11.0. The second-order valence-electron chi connectivity index (χ2n) is 4.62. The number of rotatable bonds is 9. The van der Waals surface area contributed by atoms with E-state index in [4.69, 9.17) is 9.15 Å². The van der Waals surface area contributed by atoms with Crippen molar-refractivity contribution in [3.05, 3.63) is 17.8 Å². The highest BCUT2D eigenvalue weighted by Gasteiger charge is 2.03. The molecule has 0 aliphatic carbocycles. The zero-order chi connectivity index (χ0) is 12.5. The van der Waals surface area contributed by atoms with Crippen molar-refractivity contribution in [2.45, 2.75) is 40.2 Å². The predicted molar refractivity (Wildman–Crippen MR) is 67.9 cm³/mol. The van der Waals surface area contributed by atoms with E-state index in [0.717, 1.165) is 44.2 Å². The zero-order valence-electron chi connectivity index (χ0n) is 11.2. The number of nitrogens with zero attached hydrogens (tertiary/aromatic N) is 1. The summed E-state index contributed by atoms with van der Waals surface area (Å²) in [4.78, 5) is 4.22. The fourth-order valence-electron chi connectivity index (χ4n) is 1.43. The second-order valence-corrected chi connectivity index (χ2v) is 4.62. The Labute approximate surface area is 104 Å². The van der Waals surface area contributed by atoms with Gasteiger partial charge in [-0.15, -0.1) is 0 Å². The largest absolute Gasteiger partial charge is 0.443 e. The molecule has 0 saturated heterocycles. The van der Waals surface area contributed by atoms with Gasteiger partial charge >= 0.3 is 0 Å². The van der Waals surface area contributed by atoms with Crippen LogP contribution in [0.5, 0.6) is 0 Å². The second kappa shape index (κ2) is 8.25. The molecule has 0 unspecified atom stereocenters. The van der Waals surface area contributed by atoms with Crippen molar-refractivity contribution in [2.75, 3.05) is 19.7 Å². The molecule has 1 aromatic heterocycles. The first-order valence-electron chi connectivity index (χ1n) is 6.44. The topological polar surface area (TPSA) is 47.3 Å². The van der Waals surface area contributed by atoms with E-state index in [9.17, 15) is 0 Å². The predicted octanol–water partition coefficient (Wildman–Crippen LogP) is 2.39. The molecule has 0 radical (unpaired) electrons. The van der Waals surface area contributed by atoms with E-state index in [-0.39, 0.29) is 0 Å². The van der Waals surface area contributed by atoms with Crippen molar-refractivity contribution >= 4 is 0 Å². The average Bonchev–Trinajstić information content (AvgIpc) is 2.73. The molecule has 0 aliphatic rings. The Bertz CT molecular complexity index is 297. The van der Waals surface area contributed by atoms with Gasteiger partial charge in [0.25, 0.3) is 0 Å². The lowest BCUT2D eigenvalue weighted by molar-refractivity contribution is 0.106. The highest BCUT2D eigenvalue weighted by Crippen LogP contribution is 2.05. The summed E-state index contributed by atoms with van der Waals surface area (Å²) in [5.41, 5.74) is 0. The Balaban J connectivity index is 2.16. The molecule has 1 heterocycles. The molecule has 0 spiro atoms. The standard InChI is InChI=1S/C13H24N2O2/c1-4-7-16-10-12-9-15-13(17-12)5-6-14-8-11(2)3/h9,11,14H,4-8,10H2,1-3H3. The summed E-state index contributed by atoms with van der Waals surface area (Å²) in [6.45, 7) is 9.72. The molecular weight excluding hydrogens is 216 g/mol. The lowest BCUT2D eigenvalue weighted by Gasteiger charge is -2.05. The third-order valence-corrected chi connectivity index (χ3v) is 2.26. The highest BCUT2D eigenvalue weighted by molar-refractivity contribution is 4.93. The van der Waals surface area contributed by atoms with Crippen LogP contribution >= 0.6 is 0 Å². The Morgan fingerprint density at radius 1 is 1.47 bits per heavy atom. The monoisotopic (exact) mass is 240 g/mol. The Morgan fingerprint density at radius 2 is 2.29 bits per heavy atom. The van der Waals surface area contributed by atoms with Gasteiger partial charge in [-0.2, -0.15) is 0 Å². The van der Waals surface area contributed by atoms with Crippen LogP contribution in [0, 0.1) is 5.92 Å². The summed E-state index contributed by atoms with van der Waals surface area (Å²) in [7, 11) is 0. The minimum atomic E-state index is 0.528. The molecule has 0 amide bonds. The van der Waals surface area contributed by atoms with Crippen molar-refractivity contribution in [1.82, 2.24) is 10.3 Å². The maximum absolute atomic E-state index is 5.56. The molecule has 98 valence electrons. The fraction of sp³-hybridized carbons (Fsp3) is 0.769. The minimum Gasteiger partial charge on any atom is -0.443 e. The Kier molecular flexibility index (Phi) is 6.89. The van der Waals surface area contributed by atoms with Crippen molar-refractivity contribution in [3.8, 4) is 0 Å². The molecule has 0 fully saturated rings. The number of aromatic nitrogens is 1. The van der Waals surface area contributed by atoms with E-state index in [2.05, 4.69) is 31.1 Å². The lowest BCUT2D eigenvalue weighted by atomic mass is 10.2. The molecular formula is C13H24N2O2. The van der Waals surface area contributed by atoms with Gasteiger partial charge < -0.3 is 14.5 Å². The summed E-state index contributed by atoms with van der Waals surface area (Å²) >= 11 is 0. The van der Waals surface area contributed by atoms with Crippen LogP contribution in [-0.4, -0.2) is 24.7 Å². The Morgan fingerprint density at radius 3 is 3.00 bits per heavy atom. The molecule has 0 saturated carbocycles. The van der Waals surface area contributed by atoms with Gasteiger partial charge in [0.15, 0.2) is 5.89 Å². The number of nitrogens with one attached hydrogen (secondary N) is 1. The highest BCUT2D eigenvalue weighted by atomic mass is 16.5. The minimum absolute atomic E-state index is 0.528. The summed E-state index contributed by atoms with van der Waals surface area (Å²) in [6, 6.07) is 0. The van der Waals surface area contributed by atoms with Crippen molar-refractivity contribution < 1.29 is 9.15 Å². The van der Waals surface area contributed by atoms with Gasteiger partial charge in [0.05, 0.1) is 6.20 Å². The van der Waals surface area contributed by atoms with E-state index >= 15 is 0 Å². The van der Waals surface area contributed by atoms with Gasteiger partial charge in [-0.05, 0) is 18.9 Å². The van der Waals surface area contributed by atoms with Gasteiger partial charge in [-0.3, -0.25) is 0 Å². The maximum atomic E-state index is 5.56. The van der Waals surface area contributed by atoms with E-state index in [1.807, 2.05) is 0 Å². The molecule has 0 atom stereocenters. The van der Waals surface area contributed by atoms with Crippen molar-refractivity contribution in [2.24, 2.45) is 5.92 Å². The van der Waals surface area contributed by atoms with E-state index in [1.54, 1.807) is 6.20 Å². The van der Waals surface area contributed by atoms with Crippen LogP contribution in [0.2, 0.25) is 0 Å². The normalized spacial score (nSPS) is 11.3. The smallest absolute Gasteiger partial charge is 0.195 e. The van der Waals surface area contributed by atoms with Crippen LogP contribution < -0.4 is 5.32 Å². The Hall–Kier alpha value is -0.870. The third-order valence-electron chi connectivity index (χ3n) is 2.26. The molecule has 4 heteroatoms.